The van der Waals surface area contributed by atoms with Crippen molar-refractivity contribution in [2.24, 2.45) is 34.0 Å². The number of fused-ring (bicyclic) bond motifs is 5. The van der Waals surface area contributed by atoms with Crippen LogP contribution in [0.3, 0.4) is 0 Å². The van der Waals surface area contributed by atoms with Crippen molar-refractivity contribution < 1.29 is 38.1 Å². The Hall–Kier alpha value is -1.93. The van der Waals surface area contributed by atoms with Crippen LogP contribution in [0.15, 0.2) is 23.8 Å². The summed E-state index contributed by atoms with van der Waals surface area (Å²) in [5, 5.41) is 23.2. The zero-order valence-electron chi connectivity index (χ0n) is 21.2. The lowest BCUT2D eigenvalue weighted by Crippen LogP contribution is -2.70. The molecule has 35 heavy (non-hydrogen) atoms. The van der Waals surface area contributed by atoms with Gasteiger partial charge >= 0.3 is 5.97 Å². The van der Waals surface area contributed by atoms with Crippen molar-refractivity contribution in [2.75, 3.05) is 6.61 Å². The van der Waals surface area contributed by atoms with Crippen molar-refractivity contribution in [3.63, 3.8) is 0 Å². The van der Waals surface area contributed by atoms with Crippen LogP contribution in [0.1, 0.15) is 60.8 Å². The first kappa shape index (κ1) is 26.1. The normalized spacial score (nSPS) is 46.9. The van der Waals surface area contributed by atoms with E-state index in [1.165, 1.54) is 19.1 Å². The Morgan fingerprint density at radius 3 is 2.43 bits per heavy atom. The van der Waals surface area contributed by atoms with Gasteiger partial charge < -0.3 is 14.9 Å². The molecule has 0 saturated heterocycles. The second-order valence-electron chi connectivity index (χ2n) is 12.5. The predicted molar refractivity (Wildman–Crippen MR) is 124 cm³/mol. The van der Waals surface area contributed by atoms with Gasteiger partial charge in [0.25, 0.3) is 0 Å². The van der Waals surface area contributed by atoms with Crippen LogP contribution in [0.25, 0.3) is 0 Å². The van der Waals surface area contributed by atoms with Crippen LogP contribution < -0.4 is 0 Å². The maximum absolute atomic E-state index is 17.1. The summed E-state index contributed by atoms with van der Waals surface area (Å²) >= 11 is 0. The Bertz CT molecular complexity index is 1030. The maximum atomic E-state index is 17.1. The number of carbonyl (C=O) groups excluding carboxylic acids is 3. The fraction of sp³-hybridized carbons (Fsp3) is 0.741. The van der Waals surface area contributed by atoms with Gasteiger partial charge in [-0.1, -0.05) is 19.9 Å². The van der Waals surface area contributed by atoms with Gasteiger partial charge in [0, 0.05) is 16.7 Å². The minimum absolute atomic E-state index is 0.0258. The highest BCUT2D eigenvalue weighted by atomic mass is 19.1. The summed E-state index contributed by atoms with van der Waals surface area (Å²) in [6, 6.07) is 0. The Morgan fingerprint density at radius 2 is 1.83 bits per heavy atom. The summed E-state index contributed by atoms with van der Waals surface area (Å²) in [5.74, 6) is -3.94. The minimum atomic E-state index is -2.28. The van der Waals surface area contributed by atoms with E-state index >= 15 is 8.78 Å². The first-order valence-electron chi connectivity index (χ1n) is 12.3. The molecule has 2 N–H and O–H groups in total. The number of hydrogen-bond donors (Lipinski definition) is 2. The van der Waals surface area contributed by atoms with Crippen molar-refractivity contribution in [3.8, 4) is 0 Å². The molecule has 3 fully saturated rings. The highest BCUT2D eigenvalue weighted by Crippen LogP contribution is 2.70. The first-order chi connectivity index (χ1) is 15.9. The van der Waals surface area contributed by atoms with E-state index in [4.69, 9.17) is 4.74 Å². The summed E-state index contributed by atoms with van der Waals surface area (Å²) < 4.78 is 37.8. The Morgan fingerprint density at radius 1 is 1.20 bits per heavy atom. The van der Waals surface area contributed by atoms with Crippen molar-refractivity contribution in [2.45, 2.75) is 84.4 Å². The average molecular weight is 495 g/mol. The fourth-order valence-corrected chi connectivity index (χ4v) is 7.59. The van der Waals surface area contributed by atoms with Gasteiger partial charge in [-0.2, -0.15) is 0 Å². The quantitative estimate of drug-likeness (QED) is 0.583. The summed E-state index contributed by atoms with van der Waals surface area (Å²) in [4.78, 5) is 37.5. The van der Waals surface area contributed by atoms with Crippen LogP contribution in [0.4, 0.5) is 8.78 Å². The van der Waals surface area contributed by atoms with Crippen LogP contribution in [-0.2, 0) is 19.1 Å². The molecule has 0 radical (unpaired) electrons. The highest BCUT2D eigenvalue weighted by Gasteiger charge is 2.76. The Balaban J connectivity index is 1.72. The van der Waals surface area contributed by atoms with Gasteiger partial charge in [-0.25, -0.2) is 8.78 Å². The molecule has 0 aromatic heterocycles. The van der Waals surface area contributed by atoms with Crippen LogP contribution in [0.5, 0.6) is 0 Å². The average Bonchev–Trinajstić information content (AvgIpc) is 2.96. The standard InChI is InChI=1S/C27H36F2O6/c1-14-9-16-17-11-19(28)18-10-15(30)7-8-24(18,5)26(17,29)20(31)12-25(16,6)27(14,34)21(32)13-35-22(33)23(2,3)4/h7-8,10,14,16-17,19-20,31,34H,9,11-13H2,1-6H3/t14-,16-,17+,19+,20+,24+,25-,26+,27+/m1/s1. The van der Waals surface area contributed by atoms with E-state index < -0.39 is 81.7 Å². The number of ether oxygens (including phenoxy) is 1. The molecule has 0 heterocycles. The summed E-state index contributed by atoms with van der Waals surface area (Å²) in [6.45, 7) is 9.15. The molecule has 6 nitrogen and oxygen atoms in total. The monoisotopic (exact) mass is 494 g/mol. The van der Waals surface area contributed by atoms with Crippen molar-refractivity contribution in [3.05, 3.63) is 23.8 Å². The maximum Gasteiger partial charge on any atom is 0.311 e. The molecule has 9 atom stereocenters. The third-order valence-corrected chi connectivity index (χ3v) is 9.58. The Kier molecular flexibility index (Phi) is 5.81. The lowest BCUT2D eigenvalue weighted by Gasteiger charge is -2.63. The van der Waals surface area contributed by atoms with Gasteiger partial charge in [0.15, 0.2) is 18.1 Å². The van der Waals surface area contributed by atoms with E-state index in [-0.39, 0.29) is 24.8 Å². The van der Waals surface area contributed by atoms with Crippen LogP contribution in [0.2, 0.25) is 0 Å². The number of alkyl halides is 2. The third-order valence-electron chi connectivity index (χ3n) is 9.58. The van der Waals surface area contributed by atoms with Crippen molar-refractivity contribution in [1.29, 1.82) is 0 Å². The number of esters is 1. The van der Waals surface area contributed by atoms with Crippen LogP contribution >= 0.6 is 0 Å². The smallest absolute Gasteiger partial charge is 0.311 e. The molecule has 3 saturated carbocycles. The molecular weight excluding hydrogens is 458 g/mol. The molecule has 4 aliphatic carbocycles. The largest absolute Gasteiger partial charge is 0.457 e. The molecule has 4 aliphatic rings. The number of carbonyl (C=O) groups is 3. The molecule has 0 bridgehead atoms. The van der Waals surface area contributed by atoms with E-state index in [0.29, 0.717) is 0 Å². The number of halogens is 2. The molecule has 0 aliphatic heterocycles. The zero-order valence-corrected chi connectivity index (χ0v) is 21.2. The summed E-state index contributed by atoms with van der Waals surface area (Å²) in [7, 11) is 0. The lowest BCUT2D eigenvalue weighted by molar-refractivity contribution is -0.224. The Labute approximate surface area is 204 Å². The number of ketones is 2. The van der Waals surface area contributed by atoms with Gasteiger partial charge in [0.2, 0.25) is 5.78 Å². The highest BCUT2D eigenvalue weighted by molar-refractivity contribution is 6.01. The van der Waals surface area contributed by atoms with Crippen LogP contribution in [-0.4, -0.2) is 57.9 Å². The van der Waals surface area contributed by atoms with E-state index in [1.807, 2.05) is 0 Å². The topological polar surface area (TPSA) is 101 Å². The zero-order chi connectivity index (χ0) is 26.4. The van der Waals surface area contributed by atoms with E-state index in [2.05, 4.69) is 0 Å². The molecular formula is C27H36F2O6. The van der Waals surface area contributed by atoms with E-state index in [9.17, 15) is 24.6 Å². The van der Waals surface area contributed by atoms with Crippen molar-refractivity contribution >= 4 is 17.5 Å². The molecule has 0 amide bonds. The molecule has 8 heteroatoms. The fourth-order valence-electron chi connectivity index (χ4n) is 7.59. The second-order valence-corrected chi connectivity index (χ2v) is 12.5. The van der Waals surface area contributed by atoms with E-state index in [1.54, 1.807) is 34.6 Å². The number of rotatable bonds is 3. The van der Waals surface area contributed by atoms with E-state index in [0.717, 1.165) is 6.08 Å². The number of aliphatic hydroxyl groups excluding tert-OH is 1. The number of Topliss-reactive ketones (excluding diaryl/α,β-unsaturated/α-hetero) is 1. The van der Waals surface area contributed by atoms with Crippen molar-refractivity contribution in [1.82, 2.24) is 0 Å². The van der Waals surface area contributed by atoms with Gasteiger partial charge in [0.05, 0.1) is 11.5 Å². The molecule has 4 rings (SSSR count). The number of allylic oxidation sites excluding steroid dienone is 4. The van der Waals surface area contributed by atoms with Gasteiger partial charge in [-0.3, -0.25) is 14.4 Å². The molecule has 0 aromatic rings. The second kappa shape index (κ2) is 7.78. The predicted octanol–water partition coefficient (Wildman–Crippen LogP) is 3.44. The molecule has 0 aromatic carbocycles. The van der Waals surface area contributed by atoms with Gasteiger partial charge in [-0.15, -0.1) is 0 Å². The minimum Gasteiger partial charge on any atom is -0.457 e. The SMILES string of the molecule is C[C@@H]1C[C@@H]2[C@@H]3C[C@H](F)C4=CC(=O)C=C[C@]4(C)[C@@]3(F)[C@@H](O)C[C@@]2(C)[C@@]1(O)C(=O)COC(=O)C(C)(C)C. The molecule has 0 unspecified atom stereocenters. The van der Waals surface area contributed by atoms with Crippen LogP contribution in [0, 0.1) is 34.0 Å². The number of aliphatic hydroxyl groups is 2. The third kappa shape index (κ3) is 3.28. The van der Waals surface area contributed by atoms with Gasteiger partial charge in [0.1, 0.15) is 11.8 Å². The van der Waals surface area contributed by atoms with Gasteiger partial charge in [-0.05, 0) is 76.5 Å². The molecule has 194 valence electrons. The lowest BCUT2D eigenvalue weighted by atomic mass is 9.44. The number of hydrogen-bond acceptors (Lipinski definition) is 6. The molecule has 0 spiro atoms. The summed E-state index contributed by atoms with van der Waals surface area (Å²) in [6.07, 6.45) is 0.249. The summed E-state index contributed by atoms with van der Waals surface area (Å²) in [5.41, 5.74) is -7.87. The first-order valence-corrected chi connectivity index (χ1v) is 12.3.